The van der Waals surface area contributed by atoms with Crippen LogP contribution in [0.3, 0.4) is 0 Å². The number of hydrogen-bond donors (Lipinski definition) is 2. The van der Waals surface area contributed by atoms with Gasteiger partial charge in [-0.15, -0.1) is 0 Å². The summed E-state index contributed by atoms with van der Waals surface area (Å²) in [6, 6.07) is 0. The molecule has 0 aromatic rings. The van der Waals surface area contributed by atoms with Crippen LogP contribution in [0.25, 0.3) is 0 Å². The van der Waals surface area contributed by atoms with Crippen molar-refractivity contribution in [3.63, 3.8) is 0 Å². The fraction of sp³-hybridized carbons (Fsp3) is 0.526. The van der Waals surface area contributed by atoms with E-state index in [1.807, 2.05) is 0 Å². The zero-order valence-corrected chi connectivity index (χ0v) is 15.8. The molecular formula is C19H32O6. The molecule has 6 nitrogen and oxygen atoms in total. The van der Waals surface area contributed by atoms with Crippen molar-refractivity contribution in [3.8, 4) is 0 Å². The fourth-order valence-corrected chi connectivity index (χ4v) is 1.16. The monoisotopic (exact) mass is 356 g/mol. The first-order valence-electron chi connectivity index (χ1n) is 8.10. The van der Waals surface area contributed by atoms with Gasteiger partial charge < -0.3 is 14.9 Å². The Kier molecular flexibility index (Phi) is 19.8. The number of unbranched alkanes of at least 4 members (excludes halogenated alkanes) is 1. The van der Waals surface area contributed by atoms with E-state index < -0.39 is 11.9 Å². The van der Waals surface area contributed by atoms with E-state index in [2.05, 4.69) is 33.6 Å². The second-order valence-electron chi connectivity index (χ2n) is 5.42. The third-order valence-corrected chi connectivity index (χ3v) is 2.90. The molecule has 1 atom stereocenters. The lowest BCUT2D eigenvalue weighted by Crippen LogP contribution is -2.12. The second-order valence-corrected chi connectivity index (χ2v) is 5.42. The zero-order valence-electron chi connectivity index (χ0n) is 15.8. The minimum absolute atomic E-state index is 0.176. The Morgan fingerprint density at radius 3 is 1.68 bits per heavy atom. The summed E-state index contributed by atoms with van der Waals surface area (Å²) >= 11 is 0. The van der Waals surface area contributed by atoms with Crippen LogP contribution in [0.15, 0.2) is 37.0 Å². The summed E-state index contributed by atoms with van der Waals surface area (Å²) in [7, 11) is 0. The third-order valence-electron chi connectivity index (χ3n) is 2.90. The highest BCUT2D eigenvalue weighted by Crippen LogP contribution is 2.12. The van der Waals surface area contributed by atoms with Crippen molar-refractivity contribution < 1.29 is 29.3 Å². The van der Waals surface area contributed by atoms with E-state index in [4.69, 9.17) is 14.9 Å². The normalized spacial score (nSPS) is 9.92. The van der Waals surface area contributed by atoms with Crippen LogP contribution < -0.4 is 0 Å². The van der Waals surface area contributed by atoms with Gasteiger partial charge in [0.1, 0.15) is 0 Å². The van der Waals surface area contributed by atoms with Gasteiger partial charge in [0.2, 0.25) is 0 Å². The van der Waals surface area contributed by atoms with E-state index >= 15 is 0 Å². The van der Waals surface area contributed by atoms with Crippen LogP contribution in [0.2, 0.25) is 0 Å². The highest BCUT2D eigenvalue weighted by atomic mass is 16.5. The molecule has 0 rings (SSSR count). The van der Waals surface area contributed by atoms with Crippen LogP contribution in [-0.2, 0) is 19.1 Å². The molecule has 0 fully saturated rings. The number of esters is 1. The maximum Gasteiger partial charge on any atom is 0.330 e. The number of carboxylic acid groups (broad SMARTS) is 2. The lowest BCUT2D eigenvalue weighted by Gasteiger charge is -2.13. The Labute approximate surface area is 150 Å². The van der Waals surface area contributed by atoms with E-state index in [0.717, 1.165) is 12.8 Å². The summed E-state index contributed by atoms with van der Waals surface area (Å²) in [4.78, 5) is 30.0. The van der Waals surface area contributed by atoms with E-state index in [-0.39, 0.29) is 17.1 Å². The molecule has 0 amide bonds. The number of rotatable bonds is 9. The molecule has 0 aliphatic carbocycles. The summed E-state index contributed by atoms with van der Waals surface area (Å²) < 4.78 is 4.98. The van der Waals surface area contributed by atoms with Crippen LogP contribution in [0, 0.1) is 5.92 Å². The van der Waals surface area contributed by atoms with Crippen molar-refractivity contribution in [1.29, 1.82) is 0 Å². The van der Waals surface area contributed by atoms with E-state index in [0.29, 0.717) is 12.5 Å². The molecule has 0 aromatic heterocycles. The molecule has 6 heteroatoms. The standard InChI is InChI=1S/C11H20O2.2C4H6O2/c1-4-7-8-10(5-2)9-13-11(12)6-3;2*1-3(2)4(5)6/h6,10H,3-5,7-9H2,1-2H3;2*1H2,2H3,(H,5,6). The first-order chi connectivity index (χ1) is 11.5. The van der Waals surface area contributed by atoms with Gasteiger partial charge in [0, 0.05) is 17.2 Å². The molecule has 0 heterocycles. The lowest BCUT2D eigenvalue weighted by atomic mass is 10.0. The largest absolute Gasteiger partial charge is 0.478 e. The molecule has 144 valence electrons. The van der Waals surface area contributed by atoms with Gasteiger partial charge in [-0.3, -0.25) is 0 Å². The van der Waals surface area contributed by atoms with Crippen LogP contribution in [0.1, 0.15) is 53.4 Å². The first-order valence-corrected chi connectivity index (χ1v) is 8.10. The van der Waals surface area contributed by atoms with Gasteiger partial charge in [0.05, 0.1) is 6.61 Å². The number of aliphatic carboxylic acids is 2. The number of carboxylic acids is 2. The number of carbonyl (C=O) groups is 3. The highest BCUT2D eigenvalue weighted by Gasteiger charge is 2.07. The van der Waals surface area contributed by atoms with Gasteiger partial charge >= 0.3 is 17.9 Å². The van der Waals surface area contributed by atoms with Crippen molar-refractivity contribution in [1.82, 2.24) is 0 Å². The molecule has 0 saturated carbocycles. The zero-order chi connectivity index (χ0) is 20.4. The Bertz CT molecular complexity index is 403. The molecule has 0 aliphatic heterocycles. The van der Waals surface area contributed by atoms with Gasteiger partial charge in [0.15, 0.2) is 0 Å². The molecule has 0 spiro atoms. The first kappa shape index (κ1) is 27.5. The Balaban J connectivity index is -0.000000336. The molecule has 1 unspecified atom stereocenters. The Morgan fingerprint density at radius 1 is 1.04 bits per heavy atom. The summed E-state index contributed by atoms with van der Waals surface area (Å²) in [6.07, 6.45) is 5.85. The maximum absolute atomic E-state index is 10.8. The van der Waals surface area contributed by atoms with Gasteiger partial charge in [0.25, 0.3) is 0 Å². The lowest BCUT2D eigenvalue weighted by molar-refractivity contribution is -0.139. The van der Waals surface area contributed by atoms with Crippen LogP contribution in [-0.4, -0.2) is 34.7 Å². The summed E-state index contributed by atoms with van der Waals surface area (Å²) in [5, 5.41) is 15.8. The quantitative estimate of drug-likeness (QED) is 0.474. The molecular weight excluding hydrogens is 324 g/mol. The van der Waals surface area contributed by atoms with E-state index in [1.165, 1.54) is 32.8 Å². The molecule has 0 radical (unpaired) electrons. The van der Waals surface area contributed by atoms with Gasteiger partial charge in [-0.05, 0) is 26.2 Å². The SMILES string of the molecule is C=C(C)C(=O)O.C=C(C)C(=O)O.C=CC(=O)OCC(CC)CCCC. The summed E-state index contributed by atoms with van der Waals surface area (Å²) in [5.41, 5.74) is 0.352. The Morgan fingerprint density at radius 2 is 1.44 bits per heavy atom. The fourth-order valence-electron chi connectivity index (χ4n) is 1.16. The molecule has 0 aliphatic rings. The predicted octanol–water partition coefficient (Wildman–Crippen LogP) is 4.23. The number of ether oxygens (including phenoxy) is 1. The second kappa shape index (κ2) is 18.0. The van der Waals surface area contributed by atoms with Crippen molar-refractivity contribution in [2.24, 2.45) is 5.92 Å². The van der Waals surface area contributed by atoms with Crippen LogP contribution >= 0.6 is 0 Å². The minimum atomic E-state index is -0.935. The minimum Gasteiger partial charge on any atom is -0.478 e. The topological polar surface area (TPSA) is 101 Å². The van der Waals surface area contributed by atoms with Crippen LogP contribution in [0.5, 0.6) is 0 Å². The molecule has 0 saturated heterocycles. The van der Waals surface area contributed by atoms with Gasteiger partial charge in [-0.25, -0.2) is 14.4 Å². The predicted molar refractivity (Wildman–Crippen MR) is 99.4 cm³/mol. The van der Waals surface area contributed by atoms with Crippen molar-refractivity contribution >= 4 is 17.9 Å². The van der Waals surface area contributed by atoms with Crippen molar-refractivity contribution in [3.05, 3.63) is 37.0 Å². The van der Waals surface area contributed by atoms with E-state index in [1.54, 1.807) is 0 Å². The molecule has 2 N–H and O–H groups in total. The number of hydrogen-bond acceptors (Lipinski definition) is 4. The Hall–Kier alpha value is -2.37. The molecule has 0 bridgehead atoms. The summed E-state index contributed by atoms with van der Waals surface area (Å²) in [5.74, 6) is -1.66. The van der Waals surface area contributed by atoms with Crippen LogP contribution in [0.4, 0.5) is 0 Å². The average Bonchev–Trinajstić information content (AvgIpc) is 2.55. The van der Waals surface area contributed by atoms with Gasteiger partial charge in [-0.2, -0.15) is 0 Å². The maximum atomic E-state index is 10.8. The molecule has 0 aromatic carbocycles. The third kappa shape index (κ3) is 24.0. The summed E-state index contributed by atoms with van der Waals surface area (Å²) in [6.45, 7) is 17.4. The van der Waals surface area contributed by atoms with Crippen molar-refractivity contribution in [2.75, 3.05) is 6.61 Å². The molecule has 25 heavy (non-hydrogen) atoms. The highest BCUT2D eigenvalue weighted by molar-refractivity contribution is 5.85. The van der Waals surface area contributed by atoms with E-state index in [9.17, 15) is 14.4 Å². The number of carbonyl (C=O) groups excluding carboxylic acids is 1. The van der Waals surface area contributed by atoms with Gasteiger partial charge in [-0.1, -0.05) is 52.8 Å². The van der Waals surface area contributed by atoms with Crippen molar-refractivity contribution in [2.45, 2.75) is 53.4 Å². The smallest absolute Gasteiger partial charge is 0.330 e. The average molecular weight is 356 g/mol.